The van der Waals surface area contributed by atoms with Crippen LogP contribution in [0.3, 0.4) is 0 Å². The van der Waals surface area contributed by atoms with E-state index in [9.17, 15) is 0 Å². The Balaban J connectivity index is 1.57. The van der Waals surface area contributed by atoms with Gasteiger partial charge in [0.1, 0.15) is 0 Å². The highest BCUT2D eigenvalue weighted by Gasteiger charge is 2.41. The molecule has 1 fully saturated rings. The van der Waals surface area contributed by atoms with Gasteiger partial charge in [-0.2, -0.15) is 0 Å². The van der Waals surface area contributed by atoms with Crippen LogP contribution in [0.5, 0.6) is 11.5 Å². The van der Waals surface area contributed by atoms with E-state index < -0.39 is 0 Å². The van der Waals surface area contributed by atoms with E-state index in [1.54, 1.807) is 14.2 Å². The van der Waals surface area contributed by atoms with E-state index in [4.69, 9.17) is 14.2 Å². The Morgan fingerprint density at radius 3 is 2.41 bits per heavy atom. The van der Waals surface area contributed by atoms with E-state index in [0.29, 0.717) is 0 Å². The number of hydrogen-bond donors (Lipinski definition) is 1. The molecule has 1 atom stereocenters. The number of nitrogens with one attached hydrogen (secondary N) is 1. The van der Waals surface area contributed by atoms with E-state index >= 15 is 0 Å². The largest absolute Gasteiger partial charge is 0.493 e. The summed E-state index contributed by atoms with van der Waals surface area (Å²) >= 11 is 0. The summed E-state index contributed by atoms with van der Waals surface area (Å²) in [6.45, 7) is 7.20. The van der Waals surface area contributed by atoms with E-state index in [0.717, 1.165) is 56.9 Å². The third-order valence-electron chi connectivity index (χ3n) is 6.04. The molecule has 4 nitrogen and oxygen atoms in total. The number of hydrogen-bond acceptors (Lipinski definition) is 4. The van der Waals surface area contributed by atoms with Gasteiger partial charge >= 0.3 is 0 Å². The Hall–Kier alpha value is -2.04. The Morgan fingerprint density at radius 2 is 1.72 bits per heavy atom. The minimum atomic E-state index is -0.0757. The van der Waals surface area contributed by atoms with Crippen LogP contribution in [0.15, 0.2) is 48.5 Å². The molecular formula is C25H35NO3. The molecule has 1 saturated heterocycles. The topological polar surface area (TPSA) is 39.7 Å². The van der Waals surface area contributed by atoms with Gasteiger partial charge in [0.15, 0.2) is 11.5 Å². The van der Waals surface area contributed by atoms with Crippen molar-refractivity contribution < 1.29 is 14.2 Å². The predicted octanol–water partition coefficient (Wildman–Crippen LogP) is 4.75. The summed E-state index contributed by atoms with van der Waals surface area (Å²) < 4.78 is 16.8. The van der Waals surface area contributed by atoms with Crippen LogP contribution < -0.4 is 14.8 Å². The molecule has 1 unspecified atom stereocenters. The van der Waals surface area contributed by atoms with Crippen LogP contribution >= 0.6 is 0 Å². The van der Waals surface area contributed by atoms with Crippen molar-refractivity contribution in [3.8, 4) is 11.5 Å². The monoisotopic (exact) mass is 397 g/mol. The summed E-state index contributed by atoms with van der Waals surface area (Å²) in [5, 5.41) is 3.66. The Morgan fingerprint density at radius 1 is 0.966 bits per heavy atom. The first-order chi connectivity index (χ1) is 14.0. The van der Waals surface area contributed by atoms with E-state index in [1.165, 1.54) is 11.1 Å². The summed E-state index contributed by atoms with van der Waals surface area (Å²) in [5.41, 5.74) is 2.80. The van der Waals surface area contributed by atoms with Crippen molar-refractivity contribution in [3.05, 3.63) is 59.7 Å². The quantitative estimate of drug-likeness (QED) is 0.620. The number of rotatable bonds is 9. The van der Waals surface area contributed by atoms with Gasteiger partial charge in [-0.25, -0.2) is 0 Å². The molecule has 158 valence electrons. The maximum atomic E-state index is 6.03. The van der Waals surface area contributed by atoms with E-state index in [2.05, 4.69) is 61.6 Å². The van der Waals surface area contributed by atoms with Crippen molar-refractivity contribution in [1.82, 2.24) is 5.32 Å². The fourth-order valence-electron chi connectivity index (χ4n) is 4.59. The first kappa shape index (κ1) is 21.7. The minimum Gasteiger partial charge on any atom is -0.493 e. The normalized spacial score (nSPS) is 21.0. The molecule has 4 heteroatoms. The molecule has 0 aliphatic carbocycles. The SMILES string of the molecule is COc1ccc(CCNCCC2(c3ccccc3)CCOC(C)(C)C2)cc1OC. The molecule has 0 radical (unpaired) electrons. The summed E-state index contributed by atoms with van der Waals surface area (Å²) in [4.78, 5) is 0. The Labute approximate surface area is 175 Å². The standard InChI is InChI=1S/C25H35NO3/c1-24(2)19-25(14-17-29-24,21-8-6-5-7-9-21)13-16-26-15-12-20-10-11-22(27-3)23(18-20)28-4/h5-11,18,26H,12-17,19H2,1-4H3. The van der Waals surface area contributed by atoms with Gasteiger partial charge in [0, 0.05) is 12.0 Å². The molecule has 2 aromatic rings. The molecule has 0 saturated carbocycles. The van der Waals surface area contributed by atoms with Crippen molar-refractivity contribution >= 4 is 0 Å². The van der Waals surface area contributed by atoms with Crippen LogP contribution in [0, 0.1) is 0 Å². The number of methoxy groups -OCH3 is 2. The summed E-state index contributed by atoms with van der Waals surface area (Å²) in [6, 6.07) is 17.1. The van der Waals surface area contributed by atoms with E-state index in [1.807, 2.05) is 6.07 Å². The van der Waals surface area contributed by atoms with Crippen LogP contribution in [0.25, 0.3) is 0 Å². The second-order valence-corrected chi connectivity index (χ2v) is 8.62. The molecule has 1 heterocycles. The van der Waals surface area contributed by atoms with Gasteiger partial charge in [-0.1, -0.05) is 36.4 Å². The van der Waals surface area contributed by atoms with Gasteiger partial charge in [0.2, 0.25) is 0 Å². The van der Waals surface area contributed by atoms with Crippen LogP contribution in [-0.2, 0) is 16.6 Å². The highest BCUT2D eigenvalue weighted by Crippen LogP contribution is 2.43. The van der Waals surface area contributed by atoms with Crippen molar-refractivity contribution in [2.45, 2.75) is 50.5 Å². The third kappa shape index (κ3) is 5.52. The number of benzene rings is 2. The van der Waals surface area contributed by atoms with Gasteiger partial charge < -0.3 is 19.5 Å². The zero-order valence-corrected chi connectivity index (χ0v) is 18.3. The molecule has 3 rings (SSSR count). The van der Waals surface area contributed by atoms with Crippen LogP contribution in [0.1, 0.15) is 44.2 Å². The second-order valence-electron chi connectivity index (χ2n) is 8.62. The van der Waals surface area contributed by atoms with Crippen LogP contribution in [-0.4, -0.2) is 39.5 Å². The average molecular weight is 398 g/mol. The summed E-state index contributed by atoms with van der Waals surface area (Å²) in [6.07, 6.45) is 4.22. The molecule has 29 heavy (non-hydrogen) atoms. The lowest BCUT2D eigenvalue weighted by Crippen LogP contribution is -2.45. The molecule has 0 bridgehead atoms. The minimum absolute atomic E-state index is 0.0757. The molecule has 0 amide bonds. The lowest BCUT2D eigenvalue weighted by molar-refractivity contribution is -0.0839. The smallest absolute Gasteiger partial charge is 0.160 e. The summed E-state index contributed by atoms with van der Waals surface area (Å²) in [7, 11) is 3.34. The molecule has 1 N–H and O–H groups in total. The zero-order valence-electron chi connectivity index (χ0n) is 18.3. The van der Waals surface area contributed by atoms with Gasteiger partial charge in [0.05, 0.1) is 19.8 Å². The second kappa shape index (κ2) is 9.64. The summed E-state index contributed by atoms with van der Waals surface area (Å²) in [5.74, 6) is 1.56. The highest BCUT2D eigenvalue weighted by molar-refractivity contribution is 5.43. The third-order valence-corrected chi connectivity index (χ3v) is 6.04. The fraction of sp³-hybridized carbons (Fsp3) is 0.520. The molecule has 1 aliphatic heterocycles. The first-order valence-corrected chi connectivity index (χ1v) is 10.6. The van der Waals surface area contributed by atoms with Gasteiger partial charge in [-0.05, 0) is 75.9 Å². The zero-order chi connectivity index (χ0) is 20.7. The predicted molar refractivity (Wildman–Crippen MR) is 118 cm³/mol. The maximum absolute atomic E-state index is 6.03. The van der Waals surface area contributed by atoms with Crippen molar-refractivity contribution in [1.29, 1.82) is 0 Å². The van der Waals surface area contributed by atoms with Gasteiger partial charge in [-0.3, -0.25) is 0 Å². The van der Waals surface area contributed by atoms with E-state index in [-0.39, 0.29) is 11.0 Å². The lowest BCUT2D eigenvalue weighted by Gasteiger charge is -2.45. The fourth-order valence-corrected chi connectivity index (χ4v) is 4.59. The van der Waals surface area contributed by atoms with Crippen molar-refractivity contribution in [3.63, 3.8) is 0 Å². The first-order valence-electron chi connectivity index (χ1n) is 10.6. The van der Waals surface area contributed by atoms with Crippen molar-refractivity contribution in [2.24, 2.45) is 0 Å². The molecule has 2 aromatic carbocycles. The van der Waals surface area contributed by atoms with Crippen LogP contribution in [0.2, 0.25) is 0 Å². The molecule has 1 aliphatic rings. The molecule has 0 spiro atoms. The Kier molecular flexibility index (Phi) is 7.20. The molecule has 0 aromatic heterocycles. The van der Waals surface area contributed by atoms with Gasteiger partial charge in [0.25, 0.3) is 0 Å². The average Bonchev–Trinajstić information content (AvgIpc) is 2.73. The Bertz CT molecular complexity index is 775. The van der Waals surface area contributed by atoms with Crippen LogP contribution in [0.4, 0.5) is 0 Å². The molecular weight excluding hydrogens is 362 g/mol. The number of ether oxygens (including phenoxy) is 3. The maximum Gasteiger partial charge on any atom is 0.160 e. The van der Waals surface area contributed by atoms with Crippen molar-refractivity contribution in [2.75, 3.05) is 33.9 Å². The lowest BCUT2D eigenvalue weighted by atomic mass is 9.67. The highest BCUT2D eigenvalue weighted by atomic mass is 16.5. The van der Waals surface area contributed by atoms with Gasteiger partial charge in [-0.15, -0.1) is 0 Å².